The number of hydrogen-bond acceptors (Lipinski definition) is 7. The fourth-order valence-electron chi connectivity index (χ4n) is 7.06. The Morgan fingerprint density at radius 2 is 0.877 bits per heavy atom. The highest BCUT2D eigenvalue weighted by molar-refractivity contribution is 5.70. The standard InChI is InChI=1S/C49H91NO7/c1-6-8-10-12-14-16-18-20-22-23-24-25-26-28-30-32-34-36-38-40-48(52)57-45(43-55-42-41-46(49(53)54)50(3,4)5)44-56-47(51)39-37-35-33-31-29-27-21-19-17-15-13-11-9-7-2/h19-22,45-46H,6-18,23-44H2,1-5H3/b21-19-,22-20-. The van der Waals surface area contributed by atoms with Crippen molar-refractivity contribution >= 4 is 17.9 Å². The molecule has 0 aromatic carbocycles. The fourth-order valence-corrected chi connectivity index (χ4v) is 7.06. The molecule has 0 aliphatic rings. The summed E-state index contributed by atoms with van der Waals surface area (Å²) in [5.74, 6) is -1.74. The van der Waals surface area contributed by atoms with Crippen LogP contribution in [0.5, 0.6) is 0 Å². The van der Waals surface area contributed by atoms with Crippen LogP contribution in [0, 0.1) is 0 Å². The van der Waals surface area contributed by atoms with Crippen LogP contribution in [0.15, 0.2) is 24.3 Å². The minimum Gasteiger partial charge on any atom is -0.544 e. The van der Waals surface area contributed by atoms with Crippen LogP contribution in [0.1, 0.15) is 219 Å². The molecule has 0 fully saturated rings. The van der Waals surface area contributed by atoms with Crippen molar-refractivity contribution in [3.05, 3.63) is 24.3 Å². The van der Waals surface area contributed by atoms with Crippen LogP contribution in [-0.4, -0.2) is 75.5 Å². The molecule has 0 radical (unpaired) electrons. The third-order valence-electron chi connectivity index (χ3n) is 10.8. The van der Waals surface area contributed by atoms with Crippen molar-refractivity contribution in [1.82, 2.24) is 0 Å². The van der Waals surface area contributed by atoms with E-state index in [9.17, 15) is 19.5 Å². The highest BCUT2D eigenvalue weighted by atomic mass is 16.6. The summed E-state index contributed by atoms with van der Waals surface area (Å²) in [5.41, 5.74) is 0. The lowest BCUT2D eigenvalue weighted by molar-refractivity contribution is -0.889. The largest absolute Gasteiger partial charge is 0.544 e. The molecule has 334 valence electrons. The van der Waals surface area contributed by atoms with Gasteiger partial charge in [0.05, 0.1) is 40.3 Å². The van der Waals surface area contributed by atoms with E-state index in [1.54, 1.807) is 21.1 Å². The molecule has 0 heterocycles. The van der Waals surface area contributed by atoms with Crippen molar-refractivity contribution in [3.8, 4) is 0 Å². The Balaban J connectivity index is 4.28. The molecule has 2 atom stereocenters. The summed E-state index contributed by atoms with van der Waals surface area (Å²) in [4.78, 5) is 36.9. The molecule has 8 heteroatoms. The lowest BCUT2D eigenvalue weighted by Crippen LogP contribution is -2.55. The van der Waals surface area contributed by atoms with E-state index in [4.69, 9.17) is 14.2 Å². The normalized spacial score (nSPS) is 13.1. The molecule has 0 saturated heterocycles. The number of likely N-dealkylation sites (N-methyl/N-ethyl adjacent to an activating group) is 1. The zero-order valence-corrected chi connectivity index (χ0v) is 38.0. The van der Waals surface area contributed by atoms with E-state index in [1.165, 1.54) is 135 Å². The highest BCUT2D eigenvalue weighted by Gasteiger charge is 2.25. The van der Waals surface area contributed by atoms with E-state index in [-0.39, 0.29) is 42.7 Å². The monoisotopic (exact) mass is 806 g/mol. The van der Waals surface area contributed by atoms with Gasteiger partial charge in [-0.1, -0.05) is 160 Å². The van der Waals surface area contributed by atoms with Gasteiger partial charge in [0.15, 0.2) is 6.10 Å². The topological polar surface area (TPSA) is 102 Å². The number of quaternary nitrogens is 1. The van der Waals surface area contributed by atoms with E-state index in [0.29, 0.717) is 12.8 Å². The molecule has 0 amide bonds. The average molecular weight is 806 g/mol. The molecule has 0 aliphatic carbocycles. The number of esters is 2. The molecule has 0 saturated carbocycles. The molecule has 0 bridgehead atoms. The maximum absolute atomic E-state index is 12.7. The number of carboxylic acid groups (broad SMARTS) is 1. The van der Waals surface area contributed by atoms with E-state index < -0.39 is 18.1 Å². The SMILES string of the molecule is CCCCCCC/C=C\CCCCCCCC(=O)OCC(COCCC(C(=O)[O-])[N+](C)(C)C)OC(=O)CCCCCCCCCCC/C=C\CCCCCCCC. The molecule has 2 unspecified atom stereocenters. The van der Waals surface area contributed by atoms with Crippen molar-refractivity contribution in [2.45, 2.75) is 231 Å². The Morgan fingerprint density at radius 1 is 0.509 bits per heavy atom. The van der Waals surface area contributed by atoms with E-state index in [2.05, 4.69) is 38.2 Å². The van der Waals surface area contributed by atoms with Gasteiger partial charge in [0, 0.05) is 19.3 Å². The molecule has 0 rings (SSSR count). The predicted molar refractivity (Wildman–Crippen MR) is 236 cm³/mol. The number of carbonyl (C=O) groups is 3. The number of unbranched alkanes of at least 4 members (excludes halogenated alkanes) is 25. The first kappa shape index (κ1) is 54.8. The second kappa shape index (κ2) is 40.6. The summed E-state index contributed by atoms with van der Waals surface area (Å²) in [6.07, 6.45) is 44.8. The quantitative estimate of drug-likeness (QED) is 0.0262. The Kier molecular flexibility index (Phi) is 39.0. The zero-order valence-electron chi connectivity index (χ0n) is 38.0. The maximum Gasteiger partial charge on any atom is 0.306 e. The fraction of sp³-hybridized carbons (Fsp3) is 0.857. The third kappa shape index (κ3) is 39.1. The molecule has 0 aliphatic heterocycles. The number of carbonyl (C=O) groups excluding carboxylic acids is 3. The number of allylic oxidation sites excluding steroid dienone is 4. The summed E-state index contributed by atoms with van der Waals surface area (Å²) < 4.78 is 17.2. The summed E-state index contributed by atoms with van der Waals surface area (Å²) in [7, 11) is 5.41. The number of hydrogen-bond donors (Lipinski definition) is 0. The Morgan fingerprint density at radius 3 is 1.26 bits per heavy atom. The first-order chi connectivity index (χ1) is 27.6. The molecule has 0 spiro atoms. The van der Waals surface area contributed by atoms with Crippen molar-refractivity contribution in [2.24, 2.45) is 0 Å². The molecule has 8 nitrogen and oxygen atoms in total. The van der Waals surface area contributed by atoms with Gasteiger partial charge in [0.1, 0.15) is 12.6 Å². The molecule has 57 heavy (non-hydrogen) atoms. The van der Waals surface area contributed by atoms with Crippen molar-refractivity contribution < 1.29 is 38.2 Å². The molecule has 0 aromatic rings. The van der Waals surface area contributed by atoms with E-state index in [0.717, 1.165) is 51.4 Å². The Hall–Kier alpha value is -2.19. The highest BCUT2D eigenvalue weighted by Crippen LogP contribution is 2.15. The average Bonchev–Trinajstić information content (AvgIpc) is 3.17. The molecule has 0 N–H and O–H groups in total. The van der Waals surface area contributed by atoms with Gasteiger partial charge < -0.3 is 28.6 Å². The molecular formula is C49H91NO7. The van der Waals surface area contributed by atoms with Gasteiger partial charge in [0.25, 0.3) is 0 Å². The summed E-state index contributed by atoms with van der Waals surface area (Å²) in [6, 6.07) is -0.725. The molecule has 0 aromatic heterocycles. The van der Waals surface area contributed by atoms with E-state index >= 15 is 0 Å². The maximum atomic E-state index is 12.7. The number of ether oxygens (including phenoxy) is 3. The van der Waals surface area contributed by atoms with Crippen molar-refractivity contribution in [2.75, 3.05) is 41.0 Å². The first-order valence-electron chi connectivity index (χ1n) is 23.9. The Bertz CT molecular complexity index is 989. The van der Waals surface area contributed by atoms with Crippen molar-refractivity contribution in [3.63, 3.8) is 0 Å². The molecular weight excluding hydrogens is 715 g/mol. The zero-order chi connectivity index (χ0) is 42.1. The smallest absolute Gasteiger partial charge is 0.306 e. The lowest BCUT2D eigenvalue weighted by Gasteiger charge is -2.34. The van der Waals surface area contributed by atoms with Crippen LogP contribution in [0.2, 0.25) is 0 Å². The van der Waals surface area contributed by atoms with Crippen LogP contribution in [0.3, 0.4) is 0 Å². The van der Waals surface area contributed by atoms with Gasteiger partial charge in [-0.25, -0.2) is 0 Å². The first-order valence-corrected chi connectivity index (χ1v) is 23.9. The third-order valence-corrected chi connectivity index (χ3v) is 10.8. The number of carboxylic acids is 1. The van der Waals surface area contributed by atoms with Gasteiger partial charge in [0.2, 0.25) is 0 Å². The van der Waals surface area contributed by atoms with E-state index in [1.807, 2.05) is 0 Å². The van der Waals surface area contributed by atoms with Crippen LogP contribution >= 0.6 is 0 Å². The summed E-state index contributed by atoms with van der Waals surface area (Å²) >= 11 is 0. The Labute approximate surface area is 351 Å². The van der Waals surface area contributed by atoms with Gasteiger partial charge >= 0.3 is 11.9 Å². The van der Waals surface area contributed by atoms with Crippen LogP contribution in [-0.2, 0) is 28.6 Å². The van der Waals surface area contributed by atoms with Crippen LogP contribution in [0.25, 0.3) is 0 Å². The summed E-state index contributed by atoms with van der Waals surface area (Å²) in [6.45, 7) is 4.66. The number of aliphatic carboxylic acids is 1. The number of rotatable bonds is 43. The second-order valence-electron chi connectivity index (χ2n) is 17.3. The van der Waals surface area contributed by atoms with Gasteiger partial charge in [-0.3, -0.25) is 9.59 Å². The predicted octanol–water partition coefficient (Wildman–Crippen LogP) is 11.9. The van der Waals surface area contributed by atoms with Crippen molar-refractivity contribution in [1.29, 1.82) is 0 Å². The minimum atomic E-state index is -1.12. The summed E-state index contributed by atoms with van der Waals surface area (Å²) in [5, 5.41) is 11.6. The van der Waals surface area contributed by atoms with Crippen LogP contribution < -0.4 is 5.11 Å². The number of nitrogens with zero attached hydrogens (tertiary/aromatic N) is 1. The lowest BCUT2D eigenvalue weighted by atomic mass is 10.1. The van der Waals surface area contributed by atoms with Gasteiger partial charge in [-0.2, -0.15) is 0 Å². The minimum absolute atomic E-state index is 0.0404. The van der Waals surface area contributed by atoms with Crippen LogP contribution in [0.4, 0.5) is 0 Å². The van der Waals surface area contributed by atoms with Gasteiger partial charge in [-0.05, 0) is 64.2 Å². The van der Waals surface area contributed by atoms with Gasteiger partial charge in [-0.15, -0.1) is 0 Å². The second-order valence-corrected chi connectivity index (χ2v) is 17.3.